The molecule has 0 aliphatic carbocycles. The summed E-state index contributed by atoms with van der Waals surface area (Å²) in [6, 6.07) is 22.0. The largest absolute Gasteiger partial charge is 0.481 e. The van der Waals surface area contributed by atoms with Crippen molar-refractivity contribution >= 4 is 22.6 Å². The second kappa shape index (κ2) is 9.74. The molecule has 6 heteroatoms. The molecular formula is C29H30N4O2. The van der Waals surface area contributed by atoms with Crippen molar-refractivity contribution in [2.75, 3.05) is 31.1 Å². The molecule has 1 fully saturated rings. The Kier molecular flexibility index (Phi) is 6.36. The van der Waals surface area contributed by atoms with Crippen LogP contribution >= 0.6 is 0 Å². The quantitative estimate of drug-likeness (QED) is 0.413. The fourth-order valence-electron chi connectivity index (χ4n) is 4.54. The molecule has 4 aromatic rings. The number of aryl methyl sites for hydroxylation is 2. The van der Waals surface area contributed by atoms with E-state index < -0.39 is 6.10 Å². The van der Waals surface area contributed by atoms with E-state index in [2.05, 4.69) is 41.9 Å². The van der Waals surface area contributed by atoms with Gasteiger partial charge in [-0.15, -0.1) is 0 Å². The highest BCUT2D eigenvalue weighted by Gasteiger charge is 2.26. The van der Waals surface area contributed by atoms with Crippen molar-refractivity contribution in [2.24, 2.45) is 0 Å². The first-order valence-corrected chi connectivity index (χ1v) is 12.1. The number of hydrogen-bond donors (Lipinski definition) is 0. The third kappa shape index (κ3) is 4.97. The van der Waals surface area contributed by atoms with Crippen LogP contribution in [0.25, 0.3) is 22.3 Å². The third-order valence-electron chi connectivity index (χ3n) is 6.56. The Morgan fingerprint density at radius 2 is 1.63 bits per heavy atom. The number of rotatable bonds is 5. The van der Waals surface area contributed by atoms with E-state index in [0.717, 1.165) is 35.4 Å². The van der Waals surface area contributed by atoms with Gasteiger partial charge < -0.3 is 14.5 Å². The molecule has 3 aromatic carbocycles. The van der Waals surface area contributed by atoms with E-state index in [1.54, 1.807) is 6.20 Å². The Morgan fingerprint density at radius 1 is 0.914 bits per heavy atom. The molecule has 1 saturated heterocycles. The van der Waals surface area contributed by atoms with Crippen molar-refractivity contribution in [3.63, 3.8) is 0 Å². The Labute approximate surface area is 206 Å². The lowest BCUT2D eigenvalue weighted by Crippen LogP contribution is -2.52. The molecule has 0 bridgehead atoms. The summed E-state index contributed by atoms with van der Waals surface area (Å²) in [6.45, 7) is 9.11. The molecule has 0 saturated carbocycles. The number of hydrogen-bond acceptors (Lipinski definition) is 5. The Bertz CT molecular complexity index is 1340. The van der Waals surface area contributed by atoms with Crippen molar-refractivity contribution in [2.45, 2.75) is 26.9 Å². The monoisotopic (exact) mass is 466 g/mol. The highest BCUT2D eigenvalue weighted by molar-refractivity contribution is 5.81. The SMILES string of the molecule is Cc1ccc(C)c(N2CCN(C(=O)[C@H](C)Oc3ccc(-c4cnc5ccccc5n4)cc3)CC2)c1. The van der Waals surface area contributed by atoms with E-state index in [-0.39, 0.29) is 5.91 Å². The molecule has 6 nitrogen and oxygen atoms in total. The van der Waals surface area contributed by atoms with Crippen molar-refractivity contribution in [1.29, 1.82) is 0 Å². The molecule has 0 spiro atoms. The second-order valence-electron chi connectivity index (χ2n) is 9.13. The Morgan fingerprint density at radius 3 is 2.37 bits per heavy atom. The van der Waals surface area contributed by atoms with E-state index in [1.807, 2.05) is 60.4 Å². The molecule has 5 rings (SSSR count). The first-order valence-electron chi connectivity index (χ1n) is 12.1. The average molecular weight is 467 g/mol. The van der Waals surface area contributed by atoms with E-state index >= 15 is 0 Å². The zero-order valence-corrected chi connectivity index (χ0v) is 20.4. The minimum Gasteiger partial charge on any atom is -0.481 e. The molecule has 0 unspecified atom stereocenters. The summed E-state index contributed by atoms with van der Waals surface area (Å²) in [7, 11) is 0. The molecule has 0 N–H and O–H groups in total. The van der Waals surface area contributed by atoms with E-state index in [9.17, 15) is 4.79 Å². The number of piperazine rings is 1. The van der Waals surface area contributed by atoms with Gasteiger partial charge in [0.25, 0.3) is 5.91 Å². The lowest BCUT2D eigenvalue weighted by atomic mass is 10.1. The lowest BCUT2D eigenvalue weighted by molar-refractivity contribution is -0.138. The molecule has 1 atom stereocenters. The van der Waals surface area contributed by atoms with Gasteiger partial charge in [-0.1, -0.05) is 24.3 Å². The highest BCUT2D eigenvalue weighted by Crippen LogP contribution is 2.25. The third-order valence-corrected chi connectivity index (χ3v) is 6.56. The van der Waals surface area contributed by atoms with Gasteiger partial charge in [0.2, 0.25) is 0 Å². The summed E-state index contributed by atoms with van der Waals surface area (Å²) in [6.07, 6.45) is 1.23. The van der Waals surface area contributed by atoms with Gasteiger partial charge in [0.1, 0.15) is 5.75 Å². The van der Waals surface area contributed by atoms with Gasteiger partial charge in [-0.25, -0.2) is 4.98 Å². The number of nitrogens with zero attached hydrogens (tertiary/aromatic N) is 4. The number of para-hydroxylation sites is 2. The number of carbonyl (C=O) groups excluding carboxylic acids is 1. The topological polar surface area (TPSA) is 58.6 Å². The van der Waals surface area contributed by atoms with Gasteiger partial charge in [-0.3, -0.25) is 9.78 Å². The number of aromatic nitrogens is 2. The summed E-state index contributed by atoms with van der Waals surface area (Å²) in [5, 5.41) is 0. The second-order valence-corrected chi connectivity index (χ2v) is 9.13. The molecule has 0 radical (unpaired) electrons. The number of benzene rings is 3. The number of amides is 1. The highest BCUT2D eigenvalue weighted by atomic mass is 16.5. The van der Waals surface area contributed by atoms with Gasteiger partial charge >= 0.3 is 0 Å². The van der Waals surface area contributed by atoms with Crippen LogP contribution in [0.2, 0.25) is 0 Å². The van der Waals surface area contributed by atoms with Crippen LogP contribution in [0.5, 0.6) is 5.75 Å². The summed E-state index contributed by atoms with van der Waals surface area (Å²) in [5.41, 5.74) is 7.28. The van der Waals surface area contributed by atoms with Crippen LogP contribution < -0.4 is 9.64 Å². The molecule has 2 heterocycles. The molecule has 178 valence electrons. The summed E-state index contributed by atoms with van der Waals surface area (Å²) in [4.78, 5) is 26.5. The number of carbonyl (C=O) groups is 1. The van der Waals surface area contributed by atoms with Gasteiger partial charge in [0.05, 0.1) is 22.9 Å². The molecule has 1 aromatic heterocycles. The predicted octanol–water partition coefficient (Wildman–Crippen LogP) is 5.03. The fraction of sp³-hybridized carbons (Fsp3) is 0.276. The predicted molar refractivity (Wildman–Crippen MR) is 140 cm³/mol. The van der Waals surface area contributed by atoms with Gasteiger partial charge in [-0.05, 0) is 74.4 Å². The van der Waals surface area contributed by atoms with Crippen LogP contribution in [-0.2, 0) is 4.79 Å². The lowest BCUT2D eigenvalue weighted by Gasteiger charge is -2.37. The maximum atomic E-state index is 13.0. The van der Waals surface area contributed by atoms with E-state index in [1.165, 1.54) is 16.8 Å². The molecule has 1 aliphatic heterocycles. The zero-order valence-electron chi connectivity index (χ0n) is 20.4. The number of anilines is 1. The van der Waals surface area contributed by atoms with Crippen molar-refractivity contribution in [3.8, 4) is 17.0 Å². The van der Waals surface area contributed by atoms with Gasteiger partial charge in [0.15, 0.2) is 6.10 Å². The van der Waals surface area contributed by atoms with Gasteiger partial charge in [0, 0.05) is 37.4 Å². The molecule has 1 amide bonds. The Hall–Kier alpha value is -3.93. The minimum atomic E-state index is -0.548. The normalized spacial score (nSPS) is 14.7. The smallest absolute Gasteiger partial charge is 0.263 e. The number of fused-ring (bicyclic) bond motifs is 1. The summed E-state index contributed by atoms with van der Waals surface area (Å²) in [5.74, 6) is 0.687. The maximum Gasteiger partial charge on any atom is 0.263 e. The first-order chi connectivity index (χ1) is 17.0. The van der Waals surface area contributed by atoms with E-state index in [0.29, 0.717) is 18.8 Å². The standard InChI is InChI=1S/C29H30N4O2/c1-20-8-9-21(2)28(18-20)32-14-16-33(17-15-32)29(34)22(3)35-24-12-10-23(11-13-24)27-19-30-25-6-4-5-7-26(25)31-27/h4-13,18-19,22H,14-17H2,1-3H3/t22-/m0/s1. The Balaban J connectivity index is 1.19. The summed E-state index contributed by atoms with van der Waals surface area (Å²) >= 11 is 0. The average Bonchev–Trinajstić information content (AvgIpc) is 2.90. The number of ether oxygens (including phenoxy) is 1. The van der Waals surface area contributed by atoms with E-state index in [4.69, 9.17) is 9.72 Å². The van der Waals surface area contributed by atoms with Crippen LogP contribution in [0, 0.1) is 13.8 Å². The van der Waals surface area contributed by atoms with Crippen LogP contribution in [0.4, 0.5) is 5.69 Å². The first kappa shape index (κ1) is 22.8. The summed E-state index contributed by atoms with van der Waals surface area (Å²) < 4.78 is 6.00. The van der Waals surface area contributed by atoms with Crippen LogP contribution in [-0.4, -0.2) is 53.1 Å². The molecular weight excluding hydrogens is 436 g/mol. The molecule has 1 aliphatic rings. The maximum absolute atomic E-state index is 13.0. The van der Waals surface area contributed by atoms with Crippen LogP contribution in [0.1, 0.15) is 18.1 Å². The van der Waals surface area contributed by atoms with Gasteiger partial charge in [-0.2, -0.15) is 0 Å². The fourth-order valence-corrected chi connectivity index (χ4v) is 4.54. The zero-order chi connectivity index (χ0) is 24.4. The van der Waals surface area contributed by atoms with Crippen molar-refractivity contribution in [1.82, 2.24) is 14.9 Å². The van der Waals surface area contributed by atoms with Crippen LogP contribution in [0.3, 0.4) is 0 Å². The van der Waals surface area contributed by atoms with Crippen LogP contribution in [0.15, 0.2) is 72.9 Å². The minimum absolute atomic E-state index is 0.0232. The van der Waals surface area contributed by atoms with Crippen molar-refractivity contribution < 1.29 is 9.53 Å². The van der Waals surface area contributed by atoms with Crippen molar-refractivity contribution in [3.05, 3.63) is 84.1 Å². The molecule has 35 heavy (non-hydrogen) atoms.